The first-order chi connectivity index (χ1) is 10.2. The van der Waals surface area contributed by atoms with E-state index in [9.17, 15) is 9.90 Å². The molecule has 0 amide bonds. The van der Waals surface area contributed by atoms with Gasteiger partial charge >= 0.3 is 12.0 Å². The number of aromatic nitrogens is 2. The van der Waals surface area contributed by atoms with Gasteiger partial charge in [-0.15, -0.1) is 0 Å². The fourth-order valence-corrected chi connectivity index (χ4v) is 2.21. The maximum Gasteiger partial charge on any atom is 0.316 e. The summed E-state index contributed by atoms with van der Waals surface area (Å²) in [5.74, 6) is -1.15. The molecule has 0 bridgehead atoms. The smallest absolute Gasteiger partial charge is 0.316 e. The zero-order chi connectivity index (χ0) is 15.2. The third-order valence-electron chi connectivity index (χ3n) is 3.45. The Morgan fingerprint density at radius 2 is 1.95 bits per heavy atom. The Labute approximate surface area is 123 Å². The molecule has 1 unspecified atom stereocenters. The highest BCUT2D eigenvalue weighted by Crippen LogP contribution is 2.26. The van der Waals surface area contributed by atoms with E-state index in [-0.39, 0.29) is 5.92 Å². The normalized spacial score (nSPS) is 11.9. The fourth-order valence-electron chi connectivity index (χ4n) is 2.21. The van der Waals surface area contributed by atoms with Gasteiger partial charge in [0.2, 0.25) is 0 Å². The van der Waals surface area contributed by atoms with Crippen molar-refractivity contribution >= 4 is 5.97 Å². The molecule has 0 aliphatic heterocycles. The molecule has 0 fully saturated rings. The van der Waals surface area contributed by atoms with E-state index in [2.05, 4.69) is 9.97 Å². The second kappa shape index (κ2) is 6.83. The van der Waals surface area contributed by atoms with Crippen molar-refractivity contribution in [3.05, 3.63) is 42.2 Å². The molecule has 0 radical (unpaired) electrons. The third-order valence-corrected chi connectivity index (χ3v) is 3.45. The summed E-state index contributed by atoms with van der Waals surface area (Å²) >= 11 is 0. The average Bonchev–Trinajstić information content (AvgIpc) is 2.52. The minimum atomic E-state index is -0.765. The quantitative estimate of drug-likeness (QED) is 0.884. The van der Waals surface area contributed by atoms with Gasteiger partial charge in [-0.1, -0.05) is 31.2 Å². The van der Waals surface area contributed by atoms with Crippen LogP contribution in [0.2, 0.25) is 0 Å². The summed E-state index contributed by atoms with van der Waals surface area (Å²) in [6, 6.07) is 8.05. The second-order valence-corrected chi connectivity index (χ2v) is 4.76. The number of methoxy groups -OCH3 is 1. The van der Waals surface area contributed by atoms with Crippen LogP contribution in [-0.2, 0) is 11.2 Å². The van der Waals surface area contributed by atoms with Crippen molar-refractivity contribution in [3.8, 4) is 17.1 Å². The molecule has 0 spiro atoms. The van der Waals surface area contributed by atoms with E-state index in [1.807, 2.05) is 31.2 Å². The minimum absolute atomic E-state index is 0.313. The predicted molar refractivity (Wildman–Crippen MR) is 79.1 cm³/mol. The lowest BCUT2D eigenvalue weighted by molar-refractivity contribution is -0.141. The number of hydrogen-bond acceptors (Lipinski definition) is 4. The number of hydrogen-bond donors (Lipinski definition) is 1. The van der Waals surface area contributed by atoms with E-state index in [1.54, 1.807) is 12.4 Å². The summed E-state index contributed by atoms with van der Waals surface area (Å²) in [6.07, 6.45) is 4.47. The Bertz CT molecular complexity index is 611. The molecule has 1 aromatic heterocycles. The molecular weight excluding hydrogens is 268 g/mol. The highest BCUT2D eigenvalue weighted by Gasteiger charge is 2.17. The van der Waals surface area contributed by atoms with Gasteiger partial charge in [-0.25, -0.2) is 9.97 Å². The van der Waals surface area contributed by atoms with E-state index in [1.165, 1.54) is 7.11 Å². The number of nitrogens with zero attached hydrogens (tertiary/aromatic N) is 2. The van der Waals surface area contributed by atoms with Gasteiger partial charge in [0.05, 0.1) is 13.0 Å². The Kier molecular flexibility index (Phi) is 4.87. The first-order valence-electron chi connectivity index (χ1n) is 6.82. The standard InChI is InChI=1S/C16H18N2O3/c1-3-11(15(19)20)8-12-6-4-5-7-14(12)13-9-17-16(21-2)18-10-13/h4-7,9-11H,3,8H2,1-2H3,(H,19,20). The van der Waals surface area contributed by atoms with Crippen LogP contribution < -0.4 is 4.74 Å². The summed E-state index contributed by atoms with van der Waals surface area (Å²) in [5, 5.41) is 9.22. The molecule has 110 valence electrons. The lowest BCUT2D eigenvalue weighted by atomic mass is 9.92. The van der Waals surface area contributed by atoms with Crippen LogP contribution in [0.4, 0.5) is 0 Å². The Morgan fingerprint density at radius 1 is 1.29 bits per heavy atom. The number of carboxylic acid groups (broad SMARTS) is 1. The molecule has 0 saturated carbocycles. The molecule has 2 rings (SSSR count). The maximum absolute atomic E-state index is 11.2. The van der Waals surface area contributed by atoms with Crippen LogP contribution in [0.15, 0.2) is 36.7 Å². The van der Waals surface area contributed by atoms with Crippen molar-refractivity contribution in [2.75, 3.05) is 7.11 Å². The van der Waals surface area contributed by atoms with Crippen molar-refractivity contribution in [3.63, 3.8) is 0 Å². The van der Waals surface area contributed by atoms with Crippen LogP contribution in [0.3, 0.4) is 0 Å². The van der Waals surface area contributed by atoms with Crippen LogP contribution in [0.25, 0.3) is 11.1 Å². The van der Waals surface area contributed by atoms with Crippen LogP contribution in [0.1, 0.15) is 18.9 Å². The molecule has 0 aliphatic carbocycles. The molecule has 0 saturated heterocycles. The van der Waals surface area contributed by atoms with E-state index >= 15 is 0 Å². The lowest BCUT2D eigenvalue weighted by Gasteiger charge is -2.13. The average molecular weight is 286 g/mol. The van der Waals surface area contributed by atoms with E-state index in [0.717, 1.165) is 16.7 Å². The summed E-state index contributed by atoms with van der Waals surface area (Å²) in [7, 11) is 1.52. The molecule has 2 aromatic rings. The molecule has 5 heteroatoms. The van der Waals surface area contributed by atoms with Gasteiger partial charge in [-0.05, 0) is 24.0 Å². The van der Waals surface area contributed by atoms with E-state index in [0.29, 0.717) is 18.9 Å². The van der Waals surface area contributed by atoms with Crippen LogP contribution in [0, 0.1) is 5.92 Å². The lowest BCUT2D eigenvalue weighted by Crippen LogP contribution is -2.15. The topological polar surface area (TPSA) is 72.3 Å². The summed E-state index contributed by atoms with van der Waals surface area (Å²) < 4.78 is 4.95. The summed E-state index contributed by atoms with van der Waals surface area (Å²) in [4.78, 5) is 19.4. The maximum atomic E-state index is 11.2. The predicted octanol–water partition coefficient (Wildman–Crippen LogP) is 2.81. The second-order valence-electron chi connectivity index (χ2n) is 4.76. The molecule has 1 aromatic carbocycles. The molecule has 0 aliphatic rings. The summed E-state index contributed by atoms with van der Waals surface area (Å²) in [5.41, 5.74) is 2.80. The number of benzene rings is 1. The molecule has 1 heterocycles. The zero-order valence-electron chi connectivity index (χ0n) is 12.1. The first-order valence-corrected chi connectivity index (χ1v) is 6.82. The number of carboxylic acids is 1. The molecule has 21 heavy (non-hydrogen) atoms. The van der Waals surface area contributed by atoms with Gasteiger partial charge in [-0.2, -0.15) is 0 Å². The van der Waals surface area contributed by atoms with Crippen molar-refractivity contribution in [1.29, 1.82) is 0 Å². The van der Waals surface area contributed by atoms with Gasteiger partial charge in [0, 0.05) is 18.0 Å². The van der Waals surface area contributed by atoms with Crippen molar-refractivity contribution in [2.24, 2.45) is 5.92 Å². The SMILES string of the molecule is CCC(Cc1ccccc1-c1cnc(OC)nc1)C(=O)O. The van der Waals surface area contributed by atoms with Crippen LogP contribution >= 0.6 is 0 Å². The molecular formula is C16H18N2O3. The van der Waals surface area contributed by atoms with Gasteiger partial charge in [-0.3, -0.25) is 4.79 Å². The molecule has 1 N–H and O–H groups in total. The highest BCUT2D eigenvalue weighted by atomic mass is 16.5. The first kappa shape index (κ1) is 15.0. The zero-order valence-corrected chi connectivity index (χ0v) is 12.1. The Morgan fingerprint density at radius 3 is 2.52 bits per heavy atom. The van der Waals surface area contributed by atoms with Gasteiger partial charge in [0.1, 0.15) is 0 Å². The number of aliphatic carboxylic acids is 1. The highest BCUT2D eigenvalue weighted by molar-refractivity contribution is 5.72. The van der Waals surface area contributed by atoms with Gasteiger partial charge < -0.3 is 9.84 Å². The monoisotopic (exact) mass is 286 g/mol. The molecule has 1 atom stereocenters. The van der Waals surface area contributed by atoms with Gasteiger partial charge in [0.15, 0.2) is 0 Å². The van der Waals surface area contributed by atoms with Crippen molar-refractivity contribution in [1.82, 2.24) is 9.97 Å². The van der Waals surface area contributed by atoms with Crippen LogP contribution in [0.5, 0.6) is 6.01 Å². The number of rotatable bonds is 6. The molecule has 5 nitrogen and oxygen atoms in total. The van der Waals surface area contributed by atoms with E-state index in [4.69, 9.17) is 4.74 Å². The van der Waals surface area contributed by atoms with Crippen LogP contribution in [-0.4, -0.2) is 28.2 Å². The Hall–Kier alpha value is -2.43. The van der Waals surface area contributed by atoms with E-state index < -0.39 is 5.97 Å². The van der Waals surface area contributed by atoms with Gasteiger partial charge in [0.25, 0.3) is 0 Å². The number of ether oxygens (including phenoxy) is 1. The Balaban J connectivity index is 2.33. The van der Waals surface area contributed by atoms with Crippen molar-refractivity contribution in [2.45, 2.75) is 19.8 Å². The third kappa shape index (κ3) is 3.56. The fraction of sp³-hybridized carbons (Fsp3) is 0.312. The summed E-state index contributed by atoms with van der Waals surface area (Å²) in [6.45, 7) is 1.89. The minimum Gasteiger partial charge on any atom is -0.481 e. The number of carbonyl (C=O) groups is 1. The largest absolute Gasteiger partial charge is 0.481 e. The van der Waals surface area contributed by atoms with Crippen molar-refractivity contribution < 1.29 is 14.6 Å².